The molecule has 13 heteroatoms. The van der Waals surface area contributed by atoms with E-state index in [1.807, 2.05) is 24.3 Å². The number of phenolic OH excluding ortho intramolecular Hbond substituents is 1. The number of nitrogens with zero attached hydrogens (tertiary/aromatic N) is 7. The number of anilines is 2. The maximum Gasteiger partial charge on any atom is 0.313 e. The monoisotopic (exact) mass is 527 g/mol. The number of hydrogen-bond donors (Lipinski definition) is 4. The molecule has 4 aromatic rings. The van der Waals surface area contributed by atoms with Crippen LogP contribution in [0.4, 0.5) is 51.2 Å². The number of aromatic hydroxyl groups is 1. The summed E-state index contributed by atoms with van der Waals surface area (Å²) in [5, 5.41) is 46.0. The van der Waals surface area contributed by atoms with Crippen molar-refractivity contribution in [3.63, 3.8) is 0 Å². The summed E-state index contributed by atoms with van der Waals surface area (Å²) in [4.78, 5) is 11.3. The number of rotatable bonds is 7. The van der Waals surface area contributed by atoms with Crippen molar-refractivity contribution in [3.05, 3.63) is 88.5 Å². The van der Waals surface area contributed by atoms with Gasteiger partial charge in [0.1, 0.15) is 17.1 Å². The fraction of sp³-hybridized carbons (Fsp3) is 0.0400. The van der Waals surface area contributed by atoms with Gasteiger partial charge in [-0.1, -0.05) is 0 Å². The van der Waals surface area contributed by atoms with Crippen LogP contribution < -0.4 is 11.5 Å². The first kappa shape index (κ1) is 25.9. The second-order valence-corrected chi connectivity index (χ2v) is 8.53. The van der Waals surface area contributed by atoms with Crippen LogP contribution in [0.15, 0.2) is 108 Å². The molecule has 4 aromatic carbocycles. The lowest BCUT2D eigenvalue weighted by Crippen LogP contribution is -1.91. The Bertz CT molecular complexity index is 1590. The lowest BCUT2D eigenvalue weighted by atomic mass is 10.2. The molecule has 190 valence electrons. The summed E-state index contributed by atoms with van der Waals surface area (Å²) in [5.41, 5.74) is 14.8. The molecule has 0 atom stereocenters. The van der Waals surface area contributed by atoms with Gasteiger partial charge >= 0.3 is 5.69 Å². The minimum absolute atomic E-state index is 0.0768. The molecule has 5 N–H and O–H groups in total. The number of thiol groups is 1. The lowest BCUT2D eigenvalue weighted by Gasteiger charge is -2.05. The highest BCUT2D eigenvalue weighted by molar-refractivity contribution is 7.80. The predicted octanol–water partition coefficient (Wildman–Crippen LogP) is 8.31. The van der Waals surface area contributed by atoms with E-state index in [-0.39, 0.29) is 28.4 Å². The molecule has 0 fully saturated rings. The Kier molecular flexibility index (Phi) is 7.68. The number of nitro benzene ring substituents is 1. The highest BCUT2D eigenvalue weighted by Gasteiger charge is 2.18. The van der Waals surface area contributed by atoms with Crippen molar-refractivity contribution in [2.45, 2.75) is 11.8 Å². The van der Waals surface area contributed by atoms with Crippen molar-refractivity contribution >= 4 is 63.8 Å². The molecule has 12 nitrogen and oxygen atoms in total. The van der Waals surface area contributed by atoms with Crippen LogP contribution in [0.25, 0.3) is 0 Å². The molecule has 38 heavy (non-hydrogen) atoms. The molecular formula is C25H21N9O3S. The van der Waals surface area contributed by atoms with Gasteiger partial charge in [-0.15, -0.1) is 28.0 Å². The van der Waals surface area contributed by atoms with Crippen LogP contribution in [0, 0.1) is 17.0 Å². The van der Waals surface area contributed by atoms with Crippen molar-refractivity contribution in [3.8, 4) is 5.75 Å². The summed E-state index contributed by atoms with van der Waals surface area (Å²) in [6, 6.07) is 19.8. The second kappa shape index (κ2) is 11.3. The first-order valence-electron chi connectivity index (χ1n) is 11.0. The number of nitrogen functional groups attached to an aromatic ring is 2. The summed E-state index contributed by atoms with van der Waals surface area (Å²) in [6.07, 6.45) is 0. The van der Waals surface area contributed by atoms with Crippen LogP contribution >= 0.6 is 12.6 Å². The Morgan fingerprint density at radius 1 is 0.711 bits per heavy atom. The third-order valence-corrected chi connectivity index (χ3v) is 5.40. The molecule has 0 saturated carbocycles. The van der Waals surface area contributed by atoms with Crippen LogP contribution in [0.2, 0.25) is 0 Å². The van der Waals surface area contributed by atoms with Crippen molar-refractivity contribution in [2.75, 3.05) is 11.5 Å². The summed E-state index contributed by atoms with van der Waals surface area (Å²) >= 11 is 4.24. The summed E-state index contributed by atoms with van der Waals surface area (Å²) in [7, 11) is 0. The summed E-state index contributed by atoms with van der Waals surface area (Å²) in [6.45, 7) is 1.64. The van der Waals surface area contributed by atoms with E-state index in [4.69, 9.17) is 11.5 Å². The Morgan fingerprint density at radius 3 is 1.68 bits per heavy atom. The average molecular weight is 528 g/mol. The molecule has 0 aliphatic carbocycles. The van der Waals surface area contributed by atoms with Crippen molar-refractivity contribution in [1.82, 2.24) is 0 Å². The molecule has 0 aliphatic heterocycles. The Hall–Kier alpha value is -5.17. The van der Waals surface area contributed by atoms with Gasteiger partial charge < -0.3 is 16.6 Å². The molecule has 0 aliphatic rings. The highest BCUT2D eigenvalue weighted by Crippen LogP contribution is 2.40. The van der Waals surface area contributed by atoms with Gasteiger partial charge in [0.05, 0.1) is 33.4 Å². The smallest absolute Gasteiger partial charge is 0.313 e. The van der Waals surface area contributed by atoms with Crippen LogP contribution in [-0.4, -0.2) is 10.0 Å². The first-order chi connectivity index (χ1) is 18.2. The van der Waals surface area contributed by atoms with Gasteiger partial charge in [0.2, 0.25) is 5.75 Å². The quantitative estimate of drug-likeness (QED) is 0.0616. The predicted molar refractivity (Wildman–Crippen MR) is 147 cm³/mol. The normalized spacial score (nSPS) is 11.6. The van der Waals surface area contributed by atoms with Crippen molar-refractivity contribution in [1.29, 1.82) is 0 Å². The van der Waals surface area contributed by atoms with Crippen LogP contribution in [0.1, 0.15) is 5.56 Å². The van der Waals surface area contributed by atoms with Gasteiger partial charge in [-0.25, -0.2) is 0 Å². The molecule has 0 amide bonds. The van der Waals surface area contributed by atoms with Gasteiger partial charge in [0.25, 0.3) is 0 Å². The van der Waals surface area contributed by atoms with Gasteiger partial charge in [-0.05, 0) is 79.2 Å². The molecule has 0 saturated heterocycles. The number of aryl methyl sites for hydroxylation is 1. The van der Waals surface area contributed by atoms with E-state index in [9.17, 15) is 15.2 Å². The molecule has 0 aromatic heterocycles. The standard InChI is InChI=1S/C25H21N9O3S/c1-14-10-23(25(35)24(11-14)34(36)37)33-32-22-13-21(19(26)12-20(22)27)31-30-16-4-2-15(3-5-16)28-29-17-6-8-18(38)9-7-17/h2-13,35,38H,26-27H2,1H3. The minimum Gasteiger partial charge on any atom is -0.501 e. The van der Waals surface area contributed by atoms with E-state index in [1.54, 1.807) is 31.2 Å². The number of phenols is 1. The zero-order valence-electron chi connectivity index (χ0n) is 19.9. The van der Waals surface area contributed by atoms with E-state index in [0.717, 1.165) is 4.90 Å². The molecule has 0 spiro atoms. The number of benzene rings is 4. The first-order valence-corrected chi connectivity index (χ1v) is 11.5. The van der Waals surface area contributed by atoms with Crippen LogP contribution in [-0.2, 0) is 0 Å². The number of hydrogen-bond acceptors (Lipinski definition) is 12. The maximum absolute atomic E-state index is 11.2. The zero-order valence-corrected chi connectivity index (χ0v) is 20.8. The van der Waals surface area contributed by atoms with Crippen molar-refractivity contribution in [2.24, 2.45) is 30.7 Å². The number of nitrogens with two attached hydrogens (primary N) is 2. The highest BCUT2D eigenvalue weighted by atomic mass is 32.1. The Morgan fingerprint density at radius 2 is 1.16 bits per heavy atom. The fourth-order valence-electron chi connectivity index (χ4n) is 3.18. The van der Waals surface area contributed by atoms with Gasteiger partial charge in [0, 0.05) is 11.0 Å². The molecule has 0 unspecified atom stereocenters. The minimum atomic E-state index is -0.700. The number of azo groups is 3. The Balaban J connectivity index is 1.52. The van der Waals surface area contributed by atoms with Gasteiger partial charge in [-0.2, -0.15) is 15.3 Å². The molecule has 4 rings (SSSR count). The van der Waals surface area contributed by atoms with E-state index in [0.29, 0.717) is 22.6 Å². The van der Waals surface area contributed by atoms with Crippen LogP contribution in [0.5, 0.6) is 5.75 Å². The van der Waals surface area contributed by atoms with Gasteiger partial charge in [-0.3, -0.25) is 10.1 Å². The van der Waals surface area contributed by atoms with Crippen LogP contribution in [0.3, 0.4) is 0 Å². The van der Waals surface area contributed by atoms with E-state index >= 15 is 0 Å². The van der Waals surface area contributed by atoms with Gasteiger partial charge in [0.15, 0.2) is 0 Å². The van der Waals surface area contributed by atoms with E-state index in [2.05, 4.69) is 43.3 Å². The molecule has 0 heterocycles. The maximum atomic E-state index is 11.2. The zero-order chi connectivity index (χ0) is 27.2. The lowest BCUT2D eigenvalue weighted by molar-refractivity contribution is -0.385. The Labute approximate surface area is 222 Å². The molecule has 0 bridgehead atoms. The topological polar surface area (TPSA) is 190 Å². The molecule has 0 radical (unpaired) electrons. The second-order valence-electron chi connectivity index (χ2n) is 8.01. The third kappa shape index (κ3) is 6.33. The average Bonchev–Trinajstić information content (AvgIpc) is 2.89. The fourth-order valence-corrected chi connectivity index (χ4v) is 3.33. The van der Waals surface area contributed by atoms with Crippen molar-refractivity contribution < 1.29 is 10.0 Å². The molecular weight excluding hydrogens is 506 g/mol. The third-order valence-electron chi connectivity index (χ3n) is 5.11. The number of nitro groups is 1. The van der Waals surface area contributed by atoms with E-state index < -0.39 is 16.4 Å². The summed E-state index contributed by atoms with van der Waals surface area (Å²) in [5.74, 6) is -0.600. The summed E-state index contributed by atoms with van der Waals surface area (Å²) < 4.78 is 0. The SMILES string of the molecule is Cc1cc(N=Nc2cc(N=Nc3ccc(N=Nc4ccc(S)cc4)cc3)c(N)cc2N)c(O)c([N+](=O)[O-])c1. The largest absolute Gasteiger partial charge is 0.501 e. The van der Waals surface area contributed by atoms with E-state index in [1.165, 1.54) is 24.3 Å².